The normalized spacial score (nSPS) is 11.1. The average molecular weight is 326 g/mol. The third-order valence-corrected chi connectivity index (χ3v) is 3.32. The van der Waals surface area contributed by atoms with E-state index in [0.717, 1.165) is 0 Å². The van der Waals surface area contributed by atoms with Crippen molar-refractivity contribution in [1.82, 2.24) is 0 Å². The number of methoxy groups -OCH3 is 2. The van der Waals surface area contributed by atoms with Crippen LogP contribution in [0.5, 0.6) is 23.0 Å². The predicted molar refractivity (Wildman–Crippen MR) is 92.4 cm³/mol. The molecule has 2 N–H and O–H groups in total. The van der Waals surface area contributed by atoms with E-state index < -0.39 is 0 Å². The highest BCUT2D eigenvalue weighted by Gasteiger charge is 2.02. The van der Waals surface area contributed by atoms with E-state index in [1.807, 2.05) is 0 Å². The third kappa shape index (κ3) is 4.39. The minimum Gasteiger partial charge on any atom is -0.507 e. The van der Waals surface area contributed by atoms with Crippen molar-refractivity contribution in [3.05, 3.63) is 59.7 Å². The van der Waals surface area contributed by atoms with E-state index in [1.54, 1.807) is 24.3 Å². The number of ether oxygens (including phenoxy) is 2. The number of phenolic OH excluding ortho intramolecular Hbond substituents is 2. The minimum absolute atomic E-state index is 0.0502. The highest BCUT2D eigenvalue weighted by Crippen LogP contribution is 2.25. The highest BCUT2D eigenvalue weighted by molar-refractivity contribution is 6.04. The summed E-state index contributed by atoms with van der Waals surface area (Å²) < 4.78 is 10.1. The van der Waals surface area contributed by atoms with E-state index in [1.165, 1.54) is 50.7 Å². The van der Waals surface area contributed by atoms with E-state index in [0.29, 0.717) is 22.6 Å². The molecule has 0 aromatic heterocycles. The molecule has 0 fully saturated rings. The SMILES string of the molecule is COc1ccc(O)c(/C=C/C(=O)/C=C/c2cc(OC)ccc2O)c1. The van der Waals surface area contributed by atoms with Crippen molar-refractivity contribution in [2.24, 2.45) is 0 Å². The number of allylic oxidation sites excluding steroid dienone is 2. The second kappa shape index (κ2) is 7.87. The van der Waals surface area contributed by atoms with Gasteiger partial charge in [-0.05, 0) is 60.7 Å². The van der Waals surface area contributed by atoms with Crippen LogP contribution in [0, 0.1) is 0 Å². The fourth-order valence-electron chi connectivity index (χ4n) is 1.99. The first-order valence-corrected chi connectivity index (χ1v) is 7.17. The number of benzene rings is 2. The molecule has 0 radical (unpaired) electrons. The Kier molecular flexibility index (Phi) is 5.63. The molecule has 0 heterocycles. The molecule has 0 amide bonds. The van der Waals surface area contributed by atoms with Gasteiger partial charge in [-0.25, -0.2) is 0 Å². The molecule has 2 aromatic rings. The minimum atomic E-state index is -0.292. The molecule has 0 spiro atoms. The highest BCUT2D eigenvalue weighted by atomic mass is 16.5. The van der Waals surface area contributed by atoms with Crippen LogP contribution in [0.4, 0.5) is 0 Å². The Labute approximate surface area is 140 Å². The van der Waals surface area contributed by atoms with Crippen molar-refractivity contribution < 1.29 is 24.5 Å². The first-order chi connectivity index (χ1) is 11.5. The van der Waals surface area contributed by atoms with Gasteiger partial charge in [0.1, 0.15) is 23.0 Å². The predicted octanol–water partition coefficient (Wildman–Crippen LogP) is 3.41. The number of hydrogen-bond acceptors (Lipinski definition) is 5. The molecule has 0 aliphatic carbocycles. The standard InChI is InChI=1S/C19H18O5/c1-23-16-7-9-18(21)13(11-16)3-5-15(20)6-4-14-12-17(24-2)8-10-19(14)22/h3-12,21-22H,1-2H3/b5-3+,6-4+. The molecular weight excluding hydrogens is 308 g/mol. The Balaban J connectivity index is 2.13. The van der Waals surface area contributed by atoms with Gasteiger partial charge in [-0.15, -0.1) is 0 Å². The lowest BCUT2D eigenvalue weighted by Crippen LogP contribution is -1.88. The van der Waals surface area contributed by atoms with Crippen LogP contribution in [0.3, 0.4) is 0 Å². The van der Waals surface area contributed by atoms with Gasteiger partial charge in [0, 0.05) is 11.1 Å². The van der Waals surface area contributed by atoms with Crippen LogP contribution in [0.1, 0.15) is 11.1 Å². The monoisotopic (exact) mass is 326 g/mol. The Bertz CT molecular complexity index is 725. The molecule has 0 bridgehead atoms. The van der Waals surface area contributed by atoms with Gasteiger partial charge < -0.3 is 19.7 Å². The molecule has 124 valence electrons. The number of hydrogen-bond donors (Lipinski definition) is 2. The third-order valence-electron chi connectivity index (χ3n) is 3.32. The maximum Gasteiger partial charge on any atom is 0.178 e. The van der Waals surface area contributed by atoms with Gasteiger partial charge in [-0.2, -0.15) is 0 Å². The van der Waals surface area contributed by atoms with Crippen LogP contribution >= 0.6 is 0 Å². The number of carbonyl (C=O) groups is 1. The summed E-state index contributed by atoms with van der Waals surface area (Å²) in [6.07, 6.45) is 5.64. The lowest BCUT2D eigenvalue weighted by Gasteiger charge is -2.03. The zero-order valence-electron chi connectivity index (χ0n) is 13.4. The van der Waals surface area contributed by atoms with Gasteiger partial charge >= 0.3 is 0 Å². The fourth-order valence-corrected chi connectivity index (χ4v) is 1.99. The molecule has 2 rings (SSSR count). The van der Waals surface area contributed by atoms with E-state index in [9.17, 15) is 15.0 Å². The summed E-state index contributed by atoms with van der Waals surface area (Å²) in [5.74, 6) is 0.969. The second-order valence-corrected chi connectivity index (χ2v) is 4.92. The molecule has 0 aliphatic rings. The van der Waals surface area contributed by atoms with E-state index in [4.69, 9.17) is 9.47 Å². The Morgan fingerprint density at radius 2 is 1.25 bits per heavy atom. The van der Waals surface area contributed by atoms with E-state index in [-0.39, 0.29) is 17.3 Å². The maximum absolute atomic E-state index is 11.9. The first kappa shape index (κ1) is 17.1. The zero-order chi connectivity index (χ0) is 17.5. The summed E-state index contributed by atoms with van der Waals surface area (Å²) in [4.78, 5) is 11.9. The van der Waals surface area contributed by atoms with Crippen molar-refractivity contribution in [2.45, 2.75) is 0 Å². The number of ketones is 1. The smallest absolute Gasteiger partial charge is 0.178 e. The lowest BCUT2D eigenvalue weighted by atomic mass is 10.1. The molecule has 24 heavy (non-hydrogen) atoms. The van der Waals surface area contributed by atoms with Gasteiger partial charge in [0.05, 0.1) is 14.2 Å². The summed E-state index contributed by atoms with van der Waals surface area (Å²) in [5.41, 5.74) is 0.945. The summed E-state index contributed by atoms with van der Waals surface area (Å²) >= 11 is 0. The van der Waals surface area contributed by atoms with Crippen molar-refractivity contribution in [3.8, 4) is 23.0 Å². The quantitative estimate of drug-likeness (QED) is 0.796. The van der Waals surface area contributed by atoms with Crippen LogP contribution in [0.2, 0.25) is 0 Å². The Morgan fingerprint density at radius 1 is 0.833 bits per heavy atom. The van der Waals surface area contributed by atoms with E-state index >= 15 is 0 Å². The van der Waals surface area contributed by atoms with Crippen LogP contribution in [-0.4, -0.2) is 30.2 Å². The number of rotatable bonds is 6. The largest absolute Gasteiger partial charge is 0.507 e. The topological polar surface area (TPSA) is 76.0 Å². The second-order valence-electron chi connectivity index (χ2n) is 4.92. The van der Waals surface area contributed by atoms with Gasteiger partial charge in [-0.3, -0.25) is 4.79 Å². The lowest BCUT2D eigenvalue weighted by molar-refractivity contribution is -0.110. The van der Waals surface area contributed by atoms with Gasteiger partial charge in [-0.1, -0.05) is 0 Å². The summed E-state index contributed by atoms with van der Waals surface area (Å²) in [7, 11) is 3.04. The fraction of sp³-hybridized carbons (Fsp3) is 0.105. The molecule has 0 unspecified atom stereocenters. The molecule has 5 heteroatoms. The molecule has 5 nitrogen and oxygen atoms in total. The van der Waals surface area contributed by atoms with Crippen molar-refractivity contribution >= 4 is 17.9 Å². The molecular formula is C19H18O5. The van der Waals surface area contributed by atoms with Crippen LogP contribution in [0.15, 0.2) is 48.6 Å². The summed E-state index contributed by atoms with van der Waals surface area (Å²) in [6, 6.07) is 9.48. The maximum atomic E-state index is 11.9. The molecule has 0 atom stereocenters. The first-order valence-electron chi connectivity index (χ1n) is 7.17. The van der Waals surface area contributed by atoms with Crippen molar-refractivity contribution in [2.75, 3.05) is 14.2 Å². The van der Waals surface area contributed by atoms with Gasteiger partial charge in [0.25, 0.3) is 0 Å². The van der Waals surface area contributed by atoms with Crippen LogP contribution in [-0.2, 0) is 4.79 Å². The van der Waals surface area contributed by atoms with Crippen LogP contribution in [0.25, 0.3) is 12.2 Å². The number of carbonyl (C=O) groups excluding carboxylic acids is 1. The summed E-state index contributed by atoms with van der Waals surface area (Å²) in [5, 5.41) is 19.5. The number of phenols is 2. The van der Waals surface area contributed by atoms with Gasteiger partial charge in [0.15, 0.2) is 5.78 Å². The Hall–Kier alpha value is -3.21. The average Bonchev–Trinajstić information content (AvgIpc) is 2.60. The van der Waals surface area contributed by atoms with Crippen molar-refractivity contribution in [1.29, 1.82) is 0 Å². The van der Waals surface area contributed by atoms with E-state index in [2.05, 4.69) is 0 Å². The van der Waals surface area contributed by atoms with Crippen molar-refractivity contribution in [3.63, 3.8) is 0 Å². The zero-order valence-corrected chi connectivity index (χ0v) is 13.4. The Morgan fingerprint density at radius 3 is 1.62 bits per heavy atom. The van der Waals surface area contributed by atoms with Gasteiger partial charge in [0.2, 0.25) is 0 Å². The molecule has 0 saturated heterocycles. The molecule has 0 saturated carbocycles. The molecule has 2 aromatic carbocycles. The number of aromatic hydroxyl groups is 2. The summed E-state index contributed by atoms with van der Waals surface area (Å²) in [6.45, 7) is 0. The molecule has 0 aliphatic heterocycles. The van der Waals surface area contributed by atoms with Crippen LogP contribution < -0.4 is 9.47 Å².